The summed E-state index contributed by atoms with van der Waals surface area (Å²) in [5.74, 6) is -1.95. The van der Waals surface area contributed by atoms with Crippen molar-refractivity contribution in [3.63, 3.8) is 0 Å². The molecule has 21 heavy (non-hydrogen) atoms. The van der Waals surface area contributed by atoms with Crippen LogP contribution in [0.4, 0.5) is 4.39 Å². The maximum Gasteiger partial charge on any atom is 0.308 e. The lowest BCUT2D eigenvalue weighted by Gasteiger charge is -2.33. The van der Waals surface area contributed by atoms with Crippen LogP contribution in [0.3, 0.4) is 0 Å². The van der Waals surface area contributed by atoms with E-state index in [1.54, 1.807) is 37.8 Å². The number of hydrogen-bond acceptors (Lipinski definition) is 2. The number of benzene rings is 1. The van der Waals surface area contributed by atoms with E-state index in [1.165, 1.54) is 12.1 Å². The molecule has 1 aromatic rings. The molecule has 1 saturated heterocycles. The number of carbonyl (C=O) groups excluding carboxylic acids is 1. The van der Waals surface area contributed by atoms with Crippen LogP contribution >= 0.6 is 0 Å². The minimum atomic E-state index is -0.885. The number of rotatable bonds is 3. The number of nitrogens with zero attached hydrogens (tertiary/aromatic N) is 1. The summed E-state index contributed by atoms with van der Waals surface area (Å²) in [4.78, 5) is 25.5. The van der Waals surface area contributed by atoms with Gasteiger partial charge in [0.2, 0.25) is 5.91 Å². The molecule has 5 heteroatoms. The van der Waals surface area contributed by atoms with Gasteiger partial charge >= 0.3 is 5.97 Å². The fourth-order valence-corrected chi connectivity index (χ4v) is 2.92. The molecular weight excluding hydrogens is 273 g/mol. The van der Waals surface area contributed by atoms with Crippen LogP contribution in [0.1, 0.15) is 32.8 Å². The van der Waals surface area contributed by atoms with E-state index < -0.39 is 17.3 Å². The molecule has 2 rings (SSSR count). The average molecular weight is 293 g/mol. The van der Waals surface area contributed by atoms with E-state index in [0.29, 0.717) is 18.5 Å². The minimum absolute atomic E-state index is 0.163. The summed E-state index contributed by atoms with van der Waals surface area (Å²) in [5.41, 5.74) is -0.289. The van der Waals surface area contributed by atoms with E-state index >= 15 is 0 Å². The molecule has 1 aliphatic rings. The van der Waals surface area contributed by atoms with Gasteiger partial charge in [-0.2, -0.15) is 0 Å². The third-order valence-corrected chi connectivity index (χ3v) is 4.41. The standard InChI is InChI=1S/C16H20FNO3/c1-10-13(14(19)20)7-8-18(10)15(21)16(2,3)11-5-4-6-12(17)9-11/h4-6,9-10,13H,7-8H2,1-3H3,(H,19,20). The van der Waals surface area contributed by atoms with Crippen LogP contribution < -0.4 is 0 Å². The van der Waals surface area contributed by atoms with Gasteiger partial charge in [0.25, 0.3) is 0 Å². The van der Waals surface area contributed by atoms with Gasteiger partial charge < -0.3 is 10.0 Å². The van der Waals surface area contributed by atoms with E-state index in [0.717, 1.165) is 0 Å². The smallest absolute Gasteiger partial charge is 0.308 e. The monoisotopic (exact) mass is 293 g/mol. The third-order valence-electron chi connectivity index (χ3n) is 4.41. The summed E-state index contributed by atoms with van der Waals surface area (Å²) in [6, 6.07) is 5.64. The molecule has 1 aromatic carbocycles. The van der Waals surface area contributed by atoms with Gasteiger partial charge in [0.05, 0.1) is 11.3 Å². The highest BCUT2D eigenvalue weighted by Crippen LogP contribution is 2.32. The zero-order chi connectivity index (χ0) is 15.8. The van der Waals surface area contributed by atoms with E-state index in [2.05, 4.69) is 0 Å². The Morgan fingerprint density at radius 2 is 2.05 bits per heavy atom. The first-order valence-corrected chi connectivity index (χ1v) is 7.05. The second-order valence-corrected chi connectivity index (χ2v) is 6.11. The van der Waals surface area contributed by atoms with Crippen LogP contribution in [0.5, 0.6) is 0 Å². The van der Waals surface area contributed by atoms with Gasteiger partial charge in [-0.05, 0) is 44.9 Å². The zero-order valence-electron chi connectivity index (χ0n) is 12.5. The van der Waals surface area contributed by atoms with Crippen molar-refractivity contribution in [2.24, 2.45) is 5.92 Å². The van der Waals surface area contributed by atoms with Crippen molar-refractivity contribution < 1.29 is 19.1 Å². The first-order chi connectivity index (χ1) is 9.75. The molecule has 0 bridgehead atoms. The second kappa shape index (κ2) is 5.47. The number of halogens is 1. The number of amides is 1. The van der Waals surface area contributed by atoms with E-state index in [1.807, 2.05) is 0 Å². The van der Waals surface area contributed by atoms with Crippen molar-refractivity contribution in [2.75, 3.05) is 6.54 Å². The Bertz CT molecular complexity index is 570. The average Bonchev–Trinajstić information content (AvgIpc) is 2.79. The van der Waals surface area contributed by atoms with E-state index in [4.69, 9.17) is 5.11 Å². The number of carboxylic acid groups (broad SMARTS) is 1. The lowest BCUT2D eigenvalue weighted by molar-refractivity contribution is -0.143. The molecule has 2 unspecified atom stereocenters. The molecule has 0 aromatic heterocycles. The van der Waals surface area contributed by atoms with E-state index in [9.17, 15) is 14.0 Å². The SMILES string of the molecule is CC1C(C(=O)O)CCN1C(=O)C(C)(C)c1cccc(F)c1. The van der Waals surface area contributed by atoms with Crippen molar-refractivity contribution in [3.05, 3.63) is 35.6 Å². The summed E-state index contributed by atoms with van der Waals surface area (Å²) in [7, 11) is 0. The predicted molar refractivity (Wildman–Crippen MR) is 76.3 cm³/mol. The largest absolute Gasteiger partial charge is 0.481 e. The zero-order valence-corrected chi connectivity index (χ0v) is 12.5. The van der Waals surface area contributed by atoms with Crippen molar-refractivity contribution in [1.82, 2.24) is 4.90 Å². The molecule has 1 amide bonds. The Labute approximate surface area is 123 Å². The van der Waals surface area contributed by atoms with Crippen molar-refractivity contribution in [2.45, 2.75) is 38.6 Å². The molecule has 1 aliphatic heterocycles. The summed E-state index contributed by atoms with van der Waals surface area (Å²) in [6.07, 6.45) is 0.460. The Morgan fingerprint density at radius 1 is 1.38 bits per heavy atom. The Morgan fingerprint density at radius 3 is 2.57 bits per heavy atom. The molecule has 0 radical (unpaired) electrons. The molecular formula is C16H20FNO3. The van der Waals surface area contributed by atoms with Crippen molar-refractivity contribution in [1.29, 1.82) is 0 Å². The van der Waals surface area contributed by atoms with Crippen molar-refractivity contribution >= 4 is 11.9 Å². The number of hydrogen-bond donors (Lipinski definition) is 1. The number of carbonyl (C=O) groups is 2. The highest BCUT2D eigenvalue weighted by molar-refractivity contribution is 5.88. The third kappa shape index (κ3) is 2.77. The maximum atomic E-state index is 13.4. The molecule has 1 N–H and O–H groups in total. The van der Waals surface area contributed by atoms with Crippen molar-refractivity contribution in [3.8, 4) is 0 Å². The summed E-state index contributed by atoms with van der Waals surface area (Å²) in [5, 5.41) is 9.15. The van der Waals surface area contributed by atoms with Crippen LogP contribution in [-0.4, -0.2) is 34.5 Å². The van der Waals surface area contributed by atoms with Crippen LogP contribution in [0.25, 0.3) is 0 Å². The van der Waals surface area contributed by atoms with Crippen LogP contribution in [-0.2, 0) is 15.0 Å². The predicted octanol–water partition coefficient (Wildman–Crippen LogP) is 2.42. The van der Waals surface area contributed by atoms with Gasteiger partial charge in [0.1, 0.15) is 5.82 Å². The summed E-state index contributed by atoms with van der Waals surface area (Å²) in [6.45, 7) is 5.66. The molecule has 114 valence electrons. The fourth-order valence-electron chi connectivity index (χ4n) is 2.92. The fraction of sp³-hybridized carbons (Fsp3) is 0.500. The van der Waals surface area contributed by atoms with Gasteiger partial charge in [-0.15, -0.1) is 0 Å². The molecule has 0 aliphatic carbocycles. The van der Waals surface area contributed by atoms with Crippen LogP contribution in [0.15, 0.2) is 24.3 Å². The molecule has 0 spiro atoms. The number of likely N-dealkylation sites (tertiary alicyclic amines) is 1. The summed E-state index contributed by atoms with van der Waals surface area (Å²) < 4.78 is 13.4. The molecule has 2 atom stereocenters. The highest BCUT2D eigenvalue weighted by atomic mass is 19.1. The highest BCUT2D eigenvalue weighted by Gasteiger charge is 2.43. The maximum absolute atomic E-state index is 13.4. The quantitative estimate of drug-likeness (QED) is 0.931. The van der Waals surface area contributed by atoms with Gasteiger partial charge in [-0.1, -0.05) is 12.1 Å². The van der Waals surface area contributed by atoms with Gasteiger partial charge in [0.15, 0.2) is 0 Å². The van der Waals surface area contributed by atoms with Crippen LogP contribution in [0.2, 0.25) is 0 Å². The first kappa shape index (κ1) is 15.5. The molecule has 1 fully saturated rings. The number of aliphatic carboxylic acids is 1. The Hall–Kier alpha value is -1.91. The molecule has 1 heterocycles. The van der Waals surface area contributed by atoms with Gasteiger partial charge in [0, 0.05) is 12.6 Å². The van der Waals surface area contributed by atoms with Crippen LogP contribution in [0, 0.1) is 11.7 Å². The lowest BCUT2D eigenvalue weighted by Crippen LogP contribution is -2.46. The number of carboxylic acids is 1. The Balaban J connectivity index is 2.25. The molecule has 0 saturated carbocycles. The minimum Gasteiger partial charge on any atom is -0.481 e. The summed E-state index contributed by atoms with van der Waals surface area (Å²) >= 11 is 0. The van der Waals surface area contributed by atoms with E-state index in [-0.39, 0.29) is 17.8 Å². The first-order valence-electron chi connectivity index (χ1n) is 7.05. The topological polar surface area (TPSA) is 57.6 Å². The Kier molecular flexibility index (Phi) is 4.03. The lowest BCUT2D eigenvalue weighted by atomic mass is 9.83. The van der Waals surface area contributed by atoms with Gasteiger partial charge in [-0.25, -0.2) is 4.39 Å². The molecule has 4 nitrogen and oxygen atoms in total. The van der Waals surface area contributed by atoms with Gasteiger partial charge in [-0.3, -0.25) is 9.59 Å². The normalized spacial score (nSPS) is 22.4. The second-order valence-electron chi connectivity index (χ2n) is 6.11.